The zero-order valence-electron chi connectivity index (χ0n) is 17.0. The summed E-state index contributed by atoms with van der Waals surface area (Å²) in [6, 6.07) is 7.97. The molecule has 0 saturated carbocycles. The van der Waals surface area contributed by atoms with Crippen molar-refractivity contribution < 1.29 is 4.79 Å². The monoisotopic (exact) mass is 377 g/mol. The Morgan fingerprint density at radius 3 is 2.79 bits per heavy atom. The Hall–Kier alpha value is -2.89. The fourth-order valence-corrected chi connectivity index (χ4v) is 3.97. The molecule has 3 aromatic rings. The van der Waals surface area contributed by atoms with Gasteiger partial charge in [0.2, 0.25) is 0 Å². The summed E-state index contributed by atoms with van der Waals surface area (Å²) in [7, 11) is 1.85. The smallest absolute Gasteiger partial charge is 0.256 e. The molecule has 0 radical (unpaired) electrons. The van der Waals surface area contributed by atoms with E-state index in [0.717, 1.165) is 65.2 Å². The van der Waals surface area contributed by atoms with Gasteiger partial charge in [-0.05, 0) is 57.7 Å². The molecule has 0 bridgehead atoms. The van der Waals surface area contributed by atoms with E-state index in [1.807, 2.05) is 67.7 Å². The fourth-order valence-electron chi connectivity index (χ4n) is 3.97. The van der Waals surface area contributed by atoms with Gasteiger partial charge in [0.05, 0.1) is 17.3 Å². The van der Waals surface area contributed by atoms with Gasteiger partial charge in [-0.15, -0.1) is 0 Å². The Labute approximate surface area is 165 Å². The molecule has 1 amide bonds. The minimum Gasteiger partial charge on any atom is -0.387 e. The molecule has 4 rings (SSSR count). The van der Waals surface area contributed by atoms with Crippen LogP contribution in [0.5, 0.6) is 0 Å². The largest absolute Gasteiger partial charge is 0.387 e. The second kappa shape index (κ2) is 7.26. The van der Waals surface area contributed by atoms with Crippen LogP contribution in [0.2, 0.25) is 0 Å². The topological polar surface area (TPSA) is 62.5 Å². The van der Waals surface area contributed by atoms with Crippen molar-refractivity contribution in [2.75, 3.05) is 18.9 Å². The Kier molecular flexibility index (Phi) is 4.79. The van der Waals surface area contributed by atoms with E-state index in [0.29, 0.717) is 0 Å². The van der Waals surface area contributed by atoms with Gasteiger partial charge in [0.25, 0.3) is 5.91 Å². The standard InChI is InChI=1S/C22H27N5O/c1-14-8-9-18(23-4)17(11-14)22(28)26-10-6-5-7-20(26)19-12-21-24-16(3)15(2)13-27(21)25-19/h8-9,11-13,20,23H,5-7,10H2,1-4H3/t20-/m0/s1. The number of carbonyl (C=O) groups is 1. The lowest BCUT2D eigenvalue weighted by Crippen LogP contribution is -2.39. The van der Waals surface area contributed by atoms with E-state index in [-0.39, 0.29) is 11.9 Å². The van der Waals surface area contributed by atoms with E-state index in [1.54, 1.807) is 0 Å². The molecule has 1 aromatic carbocycles. The van der Waals surface area contributed by atoms with Crippen LogP contribution in [0.4, 0.5) is 5.69 Å². The van der Waals surface area contributed by atoms with Crippen LogP contribution in [-0.4, -0.2) is 39.0 Å². The Morgan fingerprint density at radius 2 is 2.00 bits per heavy atom. The minimum atomic E-state index is -0.0196. The van der Waals surface area contributed by atoms with Crippen molar-refractivity contribution in [3.05, 3.63) is 58.5 Å². The molecule has 0 spiro atoms. The average molecular weight is 377 g/mol. The first-order valence-electron chi connectivity index (χ1n) is 9.91. The maximum atomic E-state index is 13.5. The van der Waals surface area contributed by atoms with Crippen LogP contribution < -0.4 is 5.32 Å². The number of aromatic nitrogens is 3. The Balaban J connectivity index is 1.72. The number of piperidine rings is 1. The normalized spacial score (nSPS) is 17.1. The summed E-state index contributed by atoms with van der Waals surface area (Å²) < 4.78 is 1.83. The second-order valence-corrected chi connectivity index (χ2v) is 7.69. The van der Waals surface area contributed by atoms with Gasteiger partial charge >= 0.3 is 0 Å². The summed E-state index contributed by atoms with van der Waals surface area (Å²) in [6.07, 6.45) is 5.05. The average Bonchev–Trinajstić information content (AvgIpc) is 3.10. The van der Waals surface area contributed by atoms with E-state index >= 15 is 0 Å². The zero-order chi connectivity index (χ0) is 19.8. The molecule has 1 fully saturated rings. The van der Waals surface area contributed by atoms with Gasteiger partial charge in [-0.3, -0.25) is 4.79 Å². The molecule has 1 N–H and O–H groups in total. The number of rotatable bonds is 3. The number of fused-ring (bicyclic) bond motifs is 1. The Bertz CT molecular complexity index is 1000. The molecular weight excluding hydrogens is 350 g/mol. The van der Waals surface area contributed by atoms with Crippen molar-refractivity contribution in [3.8, 4) is 0 Å². The predicted molar refractivity (Wildman–Crippen MR) is 111 cm³/mol. The molecular formula is C22H27N5O. The third-order valence-electron chi connectivity index (χ3n) is 5.68. The highest BCUT2D eigenvalue weighted by Gasteiger charge is 2.31. The SMILES string of the molecule is CNc1ccc(C)cc1C(=O)N1CCCC[C@H]1c1cc2nc(C)c(C)cn2n1. The lowest BCUT2D eigenvalue weighted by atomic mass is 9.97. The van der Waals surface area contributed by atoms with E-state index in [1.165, 1.54) is 0 Å². The number of nitrogens with zero attached hydrogens (tertiary/aromatic N) is 4. The van der Waals surface area contributed by atoms with Crippen LogP contribution in [0.25, 0.3) is 5.65 Å². The first kappa shape index (κ1) is 18.5. The molecule has 6 nitrogen and oxygen atoms in total. The van der Waals surface area contributed by atoms with Gasteiger partial charge in [0, 0.05) is 37.2 Å². The number of hydrogen-bond acceptors (Lipinski definition) is 4. The van der Waals surface area contributed by atoms with Crippen molar-refractivity contribution in [2.45, 2.75) is 46.1 Å². The first-order valence-corrected chi connectivity index (χ1v) is 9.91. The lowest BCUT2D eigenvalue weighted by molar-refractivity contribution is 0.0606. The van der Waals surface area contributed by atoms with Gasteiger partial charge in [-0.2, -0.15) is 5.10 Å². The van der Waals surface area contributed by atoms with Crippen LogP contribution in [0, 0.1) is 20.8 Å². The van der Waals surface area contributed by atoms with Crippen LogP contribution in [0.1, 0.15) is 58.2 Å². The number of likely N-dealkylation sites (tertiary alicyclic amines) is 1. The number of amides is 1. The van der Waals surface area contributed by atoms with Crippen molar-refractivity contribution in [1.82, 2.24) is 19.5 Å². The van der Waals surface area contributed by atoms with Gasteiger partial charge in [-0.1, -0.05) is 11.6 Å². The predicted octanol–water partition coefficient (Wildman–Crippen LogP) is 4.06. The van der Waals surface area contributed by atoms with Crippen molar-refractivity contribution >= 4 is 17.2 Å². The minimum absolute atomic E-state index is 0.0196. The highest BCUT2D eigenvalue weighted by atomic mass is 16.2. The molecule has 1 atom stereocenters. The molecule has 0 unspecified atom stereocenters. The molecule has 3 heterocycles. The molecule has 1 saturated heterocycles. The van der Waals surface area contributed by atoms with Crippen LogP contribution >= 0.6 is 0 Å². The van der Waals surface area contributed by atoms with Crippen molar-refractivity contribution in [2.24, 2.45) is 0 Å². The maximum absolute atomic E-state index is 13.5. The molecule has 1 aliphatic rings. The summed E-state index contributed by atoms with van der Waals surface area (Å²) in [5, 5.41) is 7.92. The van der Waals surface area contributed by atoms with Gasteiger partial charge in [0.15, 0.2) is 5.65 Å². The van der Waals surface area contributed by atoms with E-state index in [2.05, 4.69) is 10.3 Å². The van der Waals surface area contributed by atoms with Crippen LogP contribution in [0.15, 0.2) is 30.5 Å². The summed E-state index contributed by atoms with van der Waals surface area (Å²) in [5.41, 5.74) is 6.54. The second-order valence-electron chi connectivity index (χ2n) is 7.69. The molecule has 146 valence electrons. The maximum Gasteiger partial charge on any atom is 0.256 e. The Morgan fingerprint density at radius 1 is 1.18 bits per heavy atom. The number of nitrogens with one attached hydrogen (secondary N) is 1. The number of anilines is 1. The van der Waals surface area contributed by atoms with E-state index in [4.69, 9.17) is 5.10 Å². The highest BCUT2D eigenvalue weighted by molar-refractivity contribution is 6.00. The summed E-state index contributed by atoms with van der Waals surface area (Å²) in [6.45, 7) is 6.81. The first-order chi connectivity index (χ1) is 13.5. The van der Waals surface area contributed by atoms with Crippen molar-refractivity contribution in [3.63, 3.8) is 0 Å². The van der Waals surface area contributed by atoms with Gasteiger partial charge in [0.1, 0.15) is 0 Å². The number of aryl methyl sites for hydroxylation is 3. The van der Waals surface area contributed by atoms with Crippen LogP contribution in [0.3, 0.4) is 0 Å². The number of carbonyl (C=O) groups excluding carboxylic acids is 1. The molecule has 28 heavy (non-hydrogen) atoms. The van der Waals surface area contributed by atoms with Crippen LogP contribution in [-0.2, 0) is 0 Å². The third kappa shape index (κ3) is 3.23. The summed E-state index contributed by atoms with van der Waals surface area (Å²) in [5.74, 6) is 0.0649. The van der Waals surface area contributed by atoms with Crippen molar-refractivity contribution in [1.29, 1.82) is 0 Å². The summed E-state index contributed by atoms with van der Waals surface area (Å²) >= 11 is 0. The number of benzene rings is 1. The fraction of sp³-hybridized carbons (Fsp3) is 0.409. The lowest BCUT2D eigenvalue weighted by Gasteiger charge is -2.35. The van der Waals surface area contributed by atoms with Gasteiger partial charge in [-0.25, -0.2) is 9.50 Å². The molecule has 6 heteroatoms. The quantitative estimate of drug-likeness (QED) is 0.748. The molecule has 2 aromatic heterocycles. The highest BCUT2D eigenvalue weighted by Crippen LogP contribution is 2.33. The summed E-state index contributed by atoms with van der Waals surface area (Å²) in [4.78, 5) is 20.1. The van der Waals surface area contributed by atoms with E-state index < -0.39 is 0 Å². The molecule has 0 aliphatic carbocycles. The zero-order valence-corrected chi connectivity index (χ0v) is 17.0. The number of hydrogen-bond donors (Lipinski definition) is 1. The molecule has 1 aliphatic heterocycles. The van der Waals surface area contributed by atoms with Gasteiger partial charge < -0.3 is 10.2 Å². The third-order valence-corrected chi connectivity index (χ3v) is 5.68. The van der Waals surface area contributed by atoms with E-state index in [9.17, 15) is 4.79 Å².